The Bertz CT molecular complexity index is 132. The first-order valence-corrected chi connectivity index (χ1v) is 4.45. The summed E-state index contributed by atoms with van der Waals surface area (Å²) >= 11 is 0. The van der Waals surface area contributed by atoms with Crippen LogP contribution in [-0.2, 0) is 0 Å². The van der Waals surface area contributed by atoms with Crippen molar-refractivity contribution in [2.45, 2.75) is 20.3 Å². The van der Waals surface area contributed by atoms with Gasteiger partial charge >= 0.3 is 0 Å². The van der Waals surface area contributed by atoms with Crippen LogP contribution >= 0.6 is 0 Å². The summed E-state index contributed by atoms with van der Waals surface area (Å²) in [6.07, 6.45) is 1.26. The number of nitrogens with two attached hydrogens (primary N) is 1. The van der Waals surface area contributed by atoms with Crippen LogP contribution < -0.4 is 5.73 Å². The summed E-state index contributed by atoms with van der Waals surface area (Å²) in [5, 5.41) is 0. The van der Waals surface area contributed by atoms with Crippen LogP contribution in [0.2, 0.25) is 0 Å². The van der Waals surface area contributed by atoms with Crippen molar-refractivity contribution in [1.82, 2.24) is 4.90 Å². The Balaban J connectivity index is 2.56. The summed E-state index contributed by atoms with van der Waals surface area (Å²) in [6, 6.07) is 0. The normalized spacial score (nSPS) is 32.2. The van der Waals surface area contributed by atoms with E-state index in [0.717, 1.165) is 12.5 Å². The Kier molecular flexibility index (Phi) is 2.55. The quantitative estimate of drug-likeness (QED) is 0.612. The fourth-order valence-corrected chi connectivity index (χ4v) is 2.11. The molecular formula is C9H20N2. The third-order valence-corrected chi connectivity index (χ3v) is 2.93. The van der Waals surface area contributed by atoms with Crippen LogP contribution in [0.15, 0.2) is 0 Å². The van der Waals surface area contributed by atoms with Gasteiger partial charge in [0.1, 0.15) is 0 Å². The molecule has 2 nitrogen and oxygen atoms in total. The first kappa shape index (κ1) is 9.01. The van der Waals surface area contributed by atoms with E-state index < -0.39 is 0 Å². The lowest BCUT2D eigenvalue weighted by Crippen LogP contribution is -2.46. The van der Waals surface area contributed by atoms with Crippen molar-refractivity contribution in [2.75, 3.05) is 26.7 Å². The summed E-state index contributed by atoms with van der Waals surface area (Å²) in [6.45, 7) is 7.89. The Morgan fingerprint density at radius 3 is 2.64 bits per heavy atom. The molecule has 11 heavy (non-hydrogen) atoms. The van der Waals surface area contributed by atoms with Gasteiger partial charge in [0.05, 0.1) is 0 Å². The molecule has 1 unspecified atom stereocenters. The molecule has 1 fully saturated rings. The zero-order valence-corrected chi connectivity index (χ0v) is 7.93. The van der Waals surface area contributed by atoms with Gasteiger partial charge in [0.2, 0.25) is 0 Å². The molecule has 0 radical (unpaired) electrons. The number of piperidine rings is 1. The summed E-state index contributed by atoms with van der Waals surface area (Å²) in [5.74, 6) is 0.721. The number of nitrogens with zero attached hydrogens (tertiary/aromatic N) is 1. The van der Waals surface area contributed by atoms with Gasteiger partial charge in [-0.15, -0.1) is 0 Å². The Hall–Kier alpha value is -0.0800. The van der Waals surface area contributed by atoms with Crippen molar-refractivity contribution in [2.24, 2.45) is 17.1 Å². The van der Waals surface area contributed by atoms with Crippen LogP contribution in [0.25, 0.3) is 0 Å². The van der Waals surface area contributed by atoms with E-state index in [4.69, 9.17) is 5.73 Å². The monoisotopic (exact) mass is 156 g/mol. The molecule has 2 N–H and O–H groups in total. The van der Waals surface area contributed by atoms with E-state index in [1.807, 2.05) is 0 Å². The molecule has 2 heteroatoms. The Labute approximate surface area is 69.8 Å². The van der Waals surface area contributed by atoms with Gasteiger partial charge in [-0.1, -0.05) is 13.8 Å². The maximum Gasteiger partial charge on any atom is 0.00328 e. The molecule has 0 aliphatic carbocycles. The maximum absolute atomic E-state index is 5.71. The van der Waals surface area contributed by atoms with Crippen LogP contribution in [0.4, 0.5) is 0 Å². The van der Waals surface area contributed by atoms with Gasteiger partial charge in [0.15, 0.2) is 0 Å². The Morgan fingerprint density at radius 1 is 1.55 bits per heavy atom. The molecule has 1 aliphatic heterocycles. The molecule has 0 saturated carbocycles. The SMILES string of the molecule is CN1CCC(CN)C(C)(C)C1. The van der Waals surface area contributed by atoms with Crippen molar-refractivity contribution in [3.8, 4) is 0 Å². The second-order valence-corrected chi connectivity index (χ2v) is 4.45. The predicted molar refractivity (Wildman–Crippen MR) is 48.4 cm³/mol. The lowest BCUT2D eigenvalue weighted by Gasteiger charge is -2.42. The molecular weight excluding hydrogens is 136 g/mol. The minimum absolute atomic E-state index is 0.418. The predicted octanol–water partition coefficient (Wildman–Crippen LogP) is 0.923. The van der Waals surface area contributed by atoms with E-state index in [-0.39, 0.29) is 0 Å². The third-order valence-electron chi connectivity index (χ3n) is 2.93. The highest BCUT2D eigenvalue weighted by molar-refractivity contribution is 4.86. The van der Waals surface area contributed by atoms with Crippen molar-refractivity contribution < 1.29 is 0 Å². The molecule has 1 atom stereocenters. The van der Waals surface area contributed by atoms with E-state index >= 15 is 0 Å². The van der Waals surface area contributed by atoms with Gasteiger partial charge in [0.25, 0.3) is 0 Å². The van der Waals surface area contributed by atoms with Crippen LogP contribution in [0.1, 0.15) is 20.3 Å². The zero-order chi connectivity index (χ0) is 8.48. The minimum Gasteiger partial charge on any atom is -0.330 e. The fourth-order valence-electron chi connectivity index (χ4n) is 2.11. The topological polar surface area (TPSA) is 29.3 Å². The second kappa shape index (κ2) is 3.11. The van der Waals surface area contributed by atoms with Crippen molar-refractivity contribution >= 4 is 0 Å². The van der Waals surface area contributed by atoms with Crippen LogP contribution in [-0.4, -0.2) is 31.6 Å². The average molecular weight is 156 g/mol. The largest absolute Gasteiger partial charge is 0.330 e. The smallest absolute Gasteiger partial charge is 0.00328 e. The van der Waals surface area contributed by atoms with Gasteiger partial charge in [-0.05, 0) is 37.9 Å². The minimum atomic E-state index is 0.418. The van der Waals surface area contributed by atoms with Gasteiger partial charge in [0, 0.05) is 6.54 Å². The molecule has 0 bridgehead atoms. The van der Waals surface area contributed by atoms with E-state index in [1.165, 1.54) is 19.5 Å². The molecule has 1 saturated heterocycles. The highest BCUT2D eigenvalue weighted by Crippen LogP contribution is 2.33. The van der Waals surface area contributed by atoms with Gasteiger partial charge < -0.3 is 10.6 Å². The number of hydrogen-bond acceptors (Lipinski definition) is 2. The summed E-state index contributed by atoms with van der Waals surface area (Å²) < 4.78 is 0. The van der Waals surface area contributed by atoms with Crippen LogP contribution in [0.3, 0.4) is 0 Å². The summed E-state index contributed by atoms with van der Waals surface area (Å²) in [7, 11) is 2.19. The van der Waals surface area contributed by atoms with Gasteiger partial charge in [-0.3, -0.25) is 0 Å². The molecule has 1 rings (SSSR count). The zero-order valence-electron chi connectivity index (χ0n) is 7.93. The first-order chi connectivity index (χ1) is 5.06. The van der Waals surface area contributed by atoms with E-state index in [0.29, 0.717) is 5.41 Å². The van der Waals surface area contributed by atoms with Crippen molar-refractivity contribution in [3.63, 3.8) is 0 Å². The molecule has 1 heterocycles. The average Bonchev–Trinajstić information content (AvgIpc) is 1.85. The van der Waals surface area contributed by atoms with Gasteiger partial charge in [-0.2, -0.15) is 0 Å². The third kappa shape index (κ3) is 1.94. The number of hydrogen-bond donors (Lipinski definition) is 1. The van der Waals surface area contributed by atoms with E-state index in [9.17, 15) is 0 Å². The molecule has 0 spiro atoms. The van der Waals surface area contributed by atoms with Crippen molar-refractivity contribution in [3.05, 3.63) is 0 Å². The van der Waals surface area contributed by atoms with E-state index in [2.05, 4.69) is 25.8 Å². The lowest BCUT2D eigenvalue weighted by atomic mass is 9.74. The second-order valence-electron chi connectivity index (χ2n) is 4.45. The molecule has 0 amide bonds. The highest BCUT2D eigenvalue weighted by Gasteiger charge is 2.33. The Morgan fingerprint density at radius 2 is 2.18 bits per heavy atom. The van der Waals surface area contributed by atoms with Crippen LogP contribution in [0, 0.1) is 11.3 Å². The standard InChI is InChI=1S/C9H20N2/c1-9(2)7-11(3)5-4-8(9)6-10/h8H,4-7,10H2,1-3H3. The van der Waals surface area contributed by atoms with Crippen LogP contribution in [0.5, 0.6) is 0 Å². The number of rotatable bonds is 1. The molecule has 0 aromatic heterocycles. The molecule has 1 aliphatic rings. The maximum atomic E-state index is 5.71. The number of likely N-dealkylation sites (tertiary alicyclic amines) is 1. The highest BCUT2D eigenvalue weighted by atomic mass is 15.1. The summed E-state index contributed by atoms with van der Waals surface area (Å²) in [4.78, 5) is 2.40. The van der Waals surface area contributed by atoms with E-state index in [1.54, 1.807) is 0 Å². The molecule has 0 aromatic carbocycles. The first-order valence-electron chi connectivity index (χ1n) is 4.45. The molecule has 0 aromatic rings. The lowest BCUT2D eigenvalue weighted by molar-refractivity contribution is 0.0770. The fraction of sp³-hybridized carbons (Fsp3) is 1.00. The molecule has 66 valence electrons. The van der Waals surface area contributed by atoms with Gasteiger partial charge in [-0.25, -0.2) is 0 Å². The summed E-state index contributed by atoms with van der Waals surface area (Å²) in [5.41, 5.74) is 6.12. The van der Waals surface area contributed by atoms with Crippen molar-refractivity contribution in [1.29, 1.82) is 0 Å².